The lowest BCUT2D eigenvalue weighted by atomic mass is 10.0. The monoisotopic (exact) mass is 927 g/mol. The number of allylic oxidation sites excluding steroid dienone is 6. The molecule has 0 aromatic heterocycles. The predicted octanol–water partition coefficient (Wildman–Crippen LogP) is 20.1. The lowest BCUT2D eigenvalue weighted by Gasteiger charge is -2.18. The van der Waals surface area contributed by atoms with Gasteiger partial charge in [0, 0.05) is 19.4 Å². The molecule has 0 fully saturated rings. The lowest BCUT2D eigenvalue weighted by molar-refractivity contribution is -0.163. The van der Waals surface area contributed by atoms with Crippen LogP contribution in [-0.2, 0) is 23.8 Å². The molecule has 0 saturated carbocycles. The van der Waals surface area contributed by atoms with E-state index in [0.29, 0.717) is 19.4 Å². The Hall–Kier alpha value is -1.88. The standard InChI is InChI=1S/C61H114O5/c1-4-7-10-13-16-19-22-25-28-30-31-32-34-36-39-42-45-48-51-54-60(62)65-58-59(57-64-56-53-50-47-44-41-38-35-29-26-23-20-17-14-11-8-5-2)66-61(63)55-52-49-46-43-40-37-33-27-24-21-18-15-12-9-6-3/h17,20,25-26,28-29,59H,4-16,18-19,21-24,27,30-58H2,1-3H3/b20-17-,28-25-,29-26-. The Morgan fingerprint density at radius 3 is 1.05 bits per heavy atom. The molecule has 5 nitrogen and oxygen atoms in total. The highest BCUT2D eigenvalue weighted by atomic mass is 16.6. The summed E-state index contributed by atoms with van der Waals surface area (Å²) < 4.78 is 17.5. The molecule has 0 amide bonds. The molecule has 66 heavy (non-hydrogen) atoms. The molecule has 0 aromatic rings. The summed E-state index contributed by atoms with van der Waals surface area (Å²) in [6.45, 7) is 7.84. The topological polar surface area (TPSA) is 61.8 Å². The van der Waals surface area contributed by atoms with Crippen LogP contribution in [0, 0.1) is 0 Å². The molecule has 0 aliphatic carbocycles. The third kappa shape index (κ3) is 54.7. The highest BCUT2D eigenvalue weighted by molar-refractivity contribution is 5.70. The number of rotatable bonds is 55. The van der Waals surface area contributed by atoms with Gasteiger partial charge in [-0.05, 0) is 77.0 Å². The Morgan fingerprint density at radius 1 is 0.333 bits per heavy atom. The number of unbranched alkanes of at least 4 members (excludes halogenated alkanes) is 38. The molecule has 0 spiro atoms. The Morgan fingerprint density at radius 2 is 0.636 bits per heavy atom. The van der Waals surface area contributed by atoms with Crippen molar-refractivity contribution >= 4 is 11.9 Å². The van der Waals surface area contributed by atoms with Crippen molar-refractivity contribution in [2.45, 2.75) is 322 Å². The first-order chi connectivity index (χ1) is 32.6. The fourth-order valence-electron chi connectivity index (χ4n) is 8.71. The second-order valence-corrected chi connectivity index (χ2v) is 19.9. The average Bonchev–Trinajstić information content (AvgIpc) is 3.32. The molecule has 388 valence electrons. The molecule has 0 heterocycles. The van der Waals surface area contributed by atoms with Crippen LogP contribution in [0.3, 0.4) is 0 Å². The maximum Gasteiger partial charge on any atom is 0.306 e. The molecule has 0 saturated heterocycles. The number of hydrogen-bond acceptors (Lipinski definition) is 5. The SMILES string of the molecule is CCCCC/C=C\C/C=C\CCCCCCCCOCC(COC(=O)CCCCCCCCCCC/C=C\CCCCCCCC)OC(=O)CCCCCCCCCCCCCCCCC. The zero-order valence-corrected chi connectivity index (χ0v) is 44.7. The smallest absolute Gasteiger partial charge is 0.306 e. The summed E-state index contributed by atoms with van der Waals surface area (Å²) in [6.07, 6.45) is 70.2. The average molecular weight is 928 g/mol. The zero-order valence-electron chi connectivity index (χ0n) is 44.7. The molecular weight excluding hydrogens is 813 g/mol. The highest BCUT2D eigenvalue weighted by Gasteiger charge is 2.17. The van der Waals surface area contributed by atoms with Crippen molar-refractivity contribution < 1.29 is 23.8 Å². The van der Waals surface area contributed by atoms with Gasteiger partial charge in [-0.25, -0.2) is 0 Å². The van der Waals surface area contributed by atoms with E-state index in [-0.39, 0.29) is 25.2 Å². The minimum Gasteiger partial charge on any atom is -0.462 e. The van der Waals surface area contributed by atoms with Crippen molar-refractivity contribution in [1.82, 2.24) is 0 Å². The van der Waals surface area contributed by atoms with Gasteiger partial charge in [-0.15, -0.1) is 0 Å². The lowest BCUT2D eigenvalue weighted by Crippen LogP contribution is -2.30. The van der Waals surface area contributed by atoms with E-state index in [1.54, 1.807) is 0 Å². The zero-order chi connectivity index (χ0) is 47.7. The molecule has 0 aliphatic rings. The van der Waals surface area contributed by atoms with Crippen LogP contribution in [0.4, 0.5) is 0 Å². The molecule has 0 aromatic carbocycles. The van der Waals surface area contributed by atoms with Gasteiger partial charge in [0.25, 0.3) is 0 Å². The summed E-state index contributed by atoms with van der Waals surface area (Å²) in [5.74, 6) is -0.386. The molecule has 1 atom stereocenters. The number of hydrogen-bond donors (Lipinski definition) is 0. The minimum absolute atomic E-state index is 0.0854. The molecule has 0 rings (SSSR count). The van der Waals surface area contributed by atoms with Crippen LogP contribution in [0.5, 0.6) is 0 Å². The van der Waals surface area contributed by atoms with E-state index < -0.39 is 6.10 Å². The van der Waals surface area contributed by atoms with Crippen molar-refractivity contribution in [1.29, 1.82) is 0 Å². The van der Waals surface area contributed by atoms with Gasteiger partial charge in [-0.1, -0.05) is 263 Å². The van der Waals surface area contributed by atoms with E-state index in [1.165, 1.54) is 238 Å². The van der Waals surface area contributed by atoms with E-state index in [1.807, 2.05) is 0 Å². The van der Waals surface area contributed by atoms with Gasteiger partial charge in [0.2, 0.25) is 0 Å². The Labute approximate surface area is 412 Å². The van der Waals surface area contributed by atoms with Crippen LogP contribution in [0.1, 0.15) is 316 Å². The quantitative estimate of drug-likeness (QED) is 0.0345. The van der Waals surface area contributed by atoms with Crippen molar-refractivity contribution in [2.24, 2.45) is 0 Å². The highest BCUT2D eigenvalue weighted by Crippen LogP contribution is 2.16. The molecule has 0 radical (unpaired) electrons. The fraction of sp³-hybridized carbons (Fsp3) is 0.869. The van der Waals surface area contributed by atoms with Crippen LogP contribution >= 0.6 is 0 Å². The van der Waals surface area contributed by atoms with Gasteiger partial charge in [-0.3, -0.25) is 9.59 Å². The maximum atomic E-state index is 12.9. The Kier molecular flexibility index (Phi) is 55.8. The largest absolute Gasteiger partial charge is 0.462 e. The van der Waals surface area contributed by atoms with Gasteiger partial charge in [0.05, 0.1) is 6.61 Å². The van der Waals surface area contributed by atoms with E-state index in [9.17, 15) is 9.59 Å². The molecule has 1 unspecified atom stereocenters. The summed E-state index contributed by atoms with van der Waals surface area (Å²) in [7, 11) is 0. The van der Waals surface area contributed by atoms with E-state index in [4.69, 9.17) is 14.2 Å². The first kappa shape index (κ1) is 64.1. The molecule has 0 aliphatic heterocycles. The number of carbonyl (C=O) groups is 2. The summed E-state index contributed by atoms with van der Waals surface area (Å²) >= 11 is 0. The molecular formula is C61H114O5. The first-order valence-electron chi connectivity index (χ1n) is 29.5. The van der Waals surface area contributed by atoms with Crippen LogP contribution in [-0.4, -0.2) is 37.9 Å². The van der Waals surface area contributed by atoms with Crippen LogP contribution in [0.25, 0.3) is 0 Å². The number of esters is 2. The van der Waals surface area contributed by atoms with Crippen LogP contribution in [0.15, 0.2) is 36.5 Å². The van der Waals surface area contributed by atoms with Gasteiger partial charge in [0.1, 0.15) is 6.61 Å². The van der Waals surface area contributed by atoms with E-state index in [2.05, 4.69) is 57.2 Å². The first-order valence-corrected chi connectivity index (χ1v) is 29.5. The maximum absolute atomic E-state index is 12.9. The van der Waals surface area contributed by atoms with Crippen LogP contribution in [0.2, 0.25) is 0 Å². The van der Waals surface area contributed by atoms with Crippen molar-refractivity contribution in [3.8, 4) is 0 Å². The molecule has 5 heteroatoms. The van der Waals surface area contributed by atoms with Gasteiger partial charge >= 0.3 is 11.9 Å². The van der Waals surface area contributed by atoms with Crippen molar-refractivity contribution in [2.75, 3.05) is 19.8 Å². The normalized spacial score (nSPS) is 12.3. The van der Waals surface area contributed by atoms with Crippen LogP contribution < -0.4 is 0 Å². The molecule has 0 N–H and O–H groups in total. The molecule has 0 bridgehead atoms. The predicted molar refractivity (Wildman–Crippen MR) is 288 cm³/mol. The van der Waals surface area contributed by atoms with E-state index in [0.717, 1.165) is 44.9 Å². The van der Waals surface area contributed by atoms with Gasteiger partial charge < -0.3 is 14.2 Å². The second-order valence-electron chi connectivity index (χ2n) is 19.9. The second kappa shape index (κ2) is 57.4. The third-order valence-corrected chi connectivity index (χ3v) is 13.1. The third-order valence-electron chi connectivity index (χ3n) is 13.1. The summed E-state index contributed by atoms with van der Waals surface area (Å²) in [4.78, 5) is 25.5. The number of carbonyl (C=O) groups excluding carboxylic acids is 2. The summed E-state index contributed by atoms with van der Waals surface area (Å²) in [5, 5.41) is 0. The van der Waals surface area contributed by atoms with Crippen molar-refractivity contribution in [3.05, 3.63) is 36.5 Å². The van der Waals surface area contributed by atoms with E-state index >= 15 is 0 Å². The Bertz CT molecular complexity index is 1050. The minimum atomic E-state index is -0.538. The van der Waals surface area contributed by atoms with Gasteiger partial charge in [0.15, 0.2) is 6.10 Å². The summed E-state index contributed by atoms with van der Waals surface area (Å²) in [6, 6.07) is 0. The van der Waals surface area contributed by atoms with Gasteiger partial charge in [-0.2, -0.15) is 0 Å². The fourth-order valence-corrected chi connectivity index (χ4v) is 8.71. The Balaban J connectivity index is 4.24. The summed E-state index contributed by atoms with van der Waals surface area (Å²) in [5.41, 5.74) is 0. The number of ether oxygens (including phenoxy) is 3. The van der Waals surface area contributed by atoms with Crippen molar-refractivity contribution in [3.63, 3.8) is 0 Å².